The van der Waals surface area contributed by atoms with Crippen LogP contribution in [0.25, 0.3) is 22.0 Å². The highest BCUT2D eigenvalue weighted by atomic mass is 35.5. The summed E-state index contributed by atoms with van der Waals surface area (Å²) in [5.41, 5.74) is 3.29. The van der Waals surface area contributed by atoms with Gasteiger partial charge in [0.15, 0.2) is 5.82 Å². The first-order valence-corrected chi connectivity index (χ1v) is 9.12. The van der Waals surface area contributed by atoms with Crippen LogP contribution in [0.2, 0.25) is 5.02 Å². The topological polar surface area (TPSA) is 35.0 Å². The molecule has 0 saturated carbocycles. The summed E-state index contributed by atoms with van der Waals surface area (Å²) in [7, 11) is 0. The van der Waals surface area contributed by atoms with Gasteiger partial charge in [0.05, 0.1) is 11.1 Å². The average molecular weight is 359 g/mol. The molecule has 1 heterocycles. The van der Waals surface area contributed by atoms with Crippen LogP contribution in [-0.2, 0) is 6.42 Å². The van der Waals surface area contributed by atoms with Gasteiger partial charge in [0.1, 0.15) is 10.8 Å². The molecule has 0 amide bonds. The molecule has 0 aliphatic carbocycles. The largest absolute Gasteiger partial charge is 0.489 e. The Hall–Kier alpha value is -1.91. The van der Waals surface area contributed by atoms with Crippen molar-refractivity contribution < 1.29 is 4.74 Å². The molecule has 0 aliphatic heterocycles. The molecule has 0 spiro atoms. The number of aryl methyl sites for hydroxylation is 1. The minimum absolute atomic E-state index is 0.0898. The van der Waals surface area contributed by atoms with Gasteiger partial charge in [-0.25, -0.2) is 4.98 Å². The molecule has 0 aliphatic rings. The third-order valence-corrected chi connectivity index (χ3v) is 4.67. The fourth-order valence-electron chi connectivity index (χ4n) is 2.48. The monoisotopic (exact) mass is 358 g/mol. The number of hydrogen-bond donors (Lipinski definition) is 0. The number of benzene rings is 2. The van der Waals surface area contributed by atoms with E-state index in [0.717, 1.165) is 28.4 Å². The summed E-state index contributed by atoms with van der Waals surface area (Å²) in [6.07, 6.45) is 1.05. The Morgan fingerprint density at radius 2 is 1.96 bits per heavy atom. The molecule has 3 nitrogen and oxygen atoms in total. The summed E-state index contributed by atoms with van der Waals surface area (Å²) in [4.78, 5) is 4.70. The van der Waals surface area contributed by atoms with Crippen molar-refractivity contribution in [3.63, 3.8) is 0 Å². The third kappa shape index (κ3) is 3.60. The second-order valence-corrected chi connectivity index (χ2v) is 6.90. The Kier molecular flexibility index (Phi) is 5.17. The third-order valence-electron chi connectivity index (χ3n) is 3.61. The van der Waals surface area contributed by atoms with Crippen molar-refractivity contribution in [3.8, 4) is 27.7 Å². The predicted molar refractivity (Wildman–Crippen MR) is 101 cm³/mol. The van der Waals surface area contributed by atoms with E-state index in [0.29, 0.717) is 10.8 Å². The molecule has 0 bridgehead atoms. The standard InChI is InChI=1S/C19H19ClN2OS/c1-4-13-7-5-6-8-15(13)18-21-19(24-22-18)14-9-10-17(16(20)11-14)23-12(2)3/h5-12H,4H2,1-3H3. The maximum atomic E-state index is 6.33. The minimum atomic E-state index is 0.0898. The van der Waals surface area contributed by atoms with Crippen LogP contribution in [0.4, 0.5) is 0 Å². The van der Waals surface area contributed by atoms with Gasteiger partial charge in [-0.2, -0.15) is 4.37 Å². The second-order valence-electron chi connectivity index (χ2n) is 5.75. The van der Waals surface area contributed by atoms with Crippen LogP contribution in [0.3, 0.4) is 0 Å². The van der Waals surface area contributed by atoms with Gasteiger partial charge in [-0.1, -0.05) is 42.8 Å². The van der Waals surface area contributed by atoms with Crippen molar-refractivity contribution in [1.29, 1.82) is 0 Å². The lowest BCUT2D eigenvalue weighted by atomic mass is 10.1. The second kappa shape index (κ2) is 7.32. The summed E-state index contributed by atoms with van der Waals surface area (Å²) in [6, 6.07) is 14.0. The zero-order valence-electron chi connectivity index (χ0n) is 13.9. The molecular weight excluding hydrogens is 340 g/mol. The molecule has 0 atom stereocenters. The molecule has 0 saturated heterocycles. The number of ether oxygens (including phenoxy) is 1. The Bertz CT molecular complexity index is 845. The zero-order valence-corrected chi connectivity index (χ0v) is 15.5. The Labute approximate surface area is 151 Å². The first kappa shape index (κ1) is 16.9. The molecule has 124 valence electrons. The fourth-order valence-corrected chi connectivity index (χ4v) is 3.38. The molecule has 24 heavy (non-hydrogen) atoms. The van der Waals surface area contributed by atoms with E-state index in [9.17, 15) is 0 Å². The summed E-state index contributed by atoms with van der Waals surface area (Å²) < 4.78 is 10.2. The van der Waals surface area contributed by atoms with E-state index in [1.807, 2.05) is 44.2 Å². The number of aromatic nitrogens is 2. The average Bonchev–Trinajstić information content (AvgIpc) is 3.06. The van der Waals surface area contributed by atoms with E-state index >= 15 is 0 Å². The number of nitrogens with zero attached hydrogens (tertiary/aromatic N) is 2. The van der Waals surface area contributed by atoms with Crippen LogP contribution in [-0.4, -0.2) is 15.5 Å². The van der Waals surface area contributed by atoms with Gasteiger partial charge in [0.2, 0.25) is 0 Å². The summed E-state index contributed by atoms with van der Waals surface area (Å²) in [5.74, 6) is 1.46. The number of hydrogen-bond acceptors (Lipinski definition) is 4. The number of rotatable bonds is 5. The predicted octanol–water partition coefficient (Wildman–Crippen LogP) is 5.88. The Balaban J connectivity index is 1.92. The molecular formula is C19H19ClN2OS. The highest BCUT2D eigenvalue weighted by Crippen LogP contribution is 2.33. The highest BCUT2D eigenvalue weighted by Gasteiger charge is 2.13. The van der Waals surface area contributed by atoms with E-state index in [2.05, 4.69) is 23.4 Å². The molecule has 0 radical (unpaired) electrons. The maximum Gasteiger partial charge on any atom is 0.173 e. The smallest absolute Gasteiger partial charge is 0.173 e. The van der Waals surface area contributed by atoms with Crippen molar-refractivity contribution in [2.45, 2.75) is 33.3 Å². The van der Waals surface area contributed by atoms with Crippen molar-refractivity contribution >= 4 is 23.1 Å². The minimum Gasteiger partial charge on any atom is -0.489 e. The van der Waals surface area contributed by atoms with E-state index in [1.165, 1.54) is 17.1 Å². The molecule has 1 aromatic heterocycles. The van der Waals surface area contributed by atoms with Gasteiger partial charge in [0, 0.05) is 11.1 Å². The normalized spacial score (nSPS) is 11.0. The van der Waals surface area contributed by atoms with Gasteiger partial charge >= 0.3 is 0 Å². The van der Waals surface area contributed by atoms with E-state index in [-0.39, 0.29) is 6.10 Å². The molecule has 5 heteroatoms. The van der Waals surface area contributed by atoms with Crippen molar-refractivity contribution in [2.75, 3.05) is 0 Å². The SMILES string of the molecule is CCc1ccccc1-c1nsc(-c2ccc(OC(C)C)c(Cl)c2)n1. The van der Waals surface area contributed by atoms with Gasteiger partial charge in [-0.3, -0.25) is 0 Å². The lowest BCUT2D eigenvalue weighted by Crippen LogP contribution is -2.05. The fraction of sp³-hybridized carbons (Fsp3) is 0.263. The first-order chi connectivity index (χ1) is 11.6. The molecule has 0 fully saturated rings. The quantitative estimate of drug-likeness (QED) is 0.571. The molecule has 2 aromatic carbocycles. The molecule has 0 N–H and O–H groups in total. The van der Waals surface area contributed by atoms with Crippen molar-refractivity contribution in [2.24, 2.45) is 0 Å². The summed E-state index contributed by atoms with van der Waals surface area (Å²) in [6.45, 7) is 6.10. The van der Waals surface area contributed by atoms with Crippen LogP contribution in [0.5, 0.6) is 5.75 Å². The van der Waals surface area contributed by atoms with E-state index in [1.54, 1.807) is 0 Å². The van der Waals surface area contributed by atoms with Gasteiger partial charge < -0.3 is 4.74 Å². The van der Waals surface area contributed by atoms with Crippen LogP contribution >= 0.6 is 23.1 Å². The van der Waals surface area contributed by atoms with Crippen LogP contribution < -0.4 is 4.74 Å². The maximum absolute atomic E-state index is 6.33. The Morgan fingerprint density at radius 3 is 2.67 bits per heavy atom. The van der Waals surface area contributed by atoms with Crippen LogP contribution in [0.15, 0.2) is 42.5 Å². The highest BCUT2D eigenvalue weighted by molar-refractivity contribution is 7.09. The van der Waals surface area contributed by atoms with Gasteiger partial charge in [-0.15, -0.1) is 0 Å². The lowest BCUT2D eigenvalue weighted by molar-refractivity contribution is 0.242. The van der Waals surface area contributed by atoms with Crippen molar-refractivity contribution in [1.82, 2.24) is 9.36 Å². The molecule has 3 rings (SSSR count). The van der Waals surface area contributed by atoms with Crippen LogP contribution in [0.1, 0.15) is 26.3 Å². The van der Waals surface area contributed by atoms with Crippen LogP contribution in [0, 0.1) is 0 Å². The van der Waals surface area contributed by atoms with Gasteiger partial charge in [-0.05, 0) is 55.6 Å². The summed E-state index contributed by atoms with van der Waals surface area (Å²) in [5, 5.41) is 1.45. The zero-order chi connectivity index (χ0) is 17.1. The number of halogens is 1. The summed E-state index contributed by atoms with van der Waals surface area (Å²) >= 11 is 7.71. The molecule has 0 unspecified atom stereocenters. The van der Waals surface area contributed by atoms with E-state index < -0.39 is 0 Å². The lowest BCUT2D eigenvalue weighted by Gasteiger charge is -2.11. The molecule has 3 aromatic rings. The first-order valence-electron chi connectivity index (χ1n) is 7.97. The van der Waals surface area contributed by atoms with E-state index in [4.69, 9.17) is 21.3 Å². The Morgan fingerprint density at radius 1 is 1.17 bits per heavy atom. The van der Waals surface area contributed by atoms with Crippen molar-refractivity contribution in [3.05, 3.63) is 53.1 Å². The van der Waals surface area contributed by atoms with Gasteiger partial charge in [0.25, 0.3) is 0 Å².